The fourth-order valence-electron chi connectivity index (χ4n) is 1.21. The van der Waals surface area contributed by atoms with Crippen molar-refractivity contribution in [2.75, 3.05) is 27.2 Å². The summed E-state index contributed by atoms with van der Waals surface area (Å²) in [6.07, 6.45) is -0.209. The minimum Gasteiger partial charge on any atom is -0.447 e. The van der Waals surface area contributed by atoms with Gasteiger partial charge < -0.3 is 14.5 Å². The highest BCUT2D eigenvalue weighted by molar-refractivity contribution is 5.69. The lowest BCUT2D eigenvalue weighted by Crippen LogP contribution is -2.59. The number of ether oxygens (including phenoxy) is 1. The van der Waals surface area contributed by atoms with Gasteiger partial charge in [0.2, 0.25) is 0 Å². The normalized spacial score (nSPS) is 17.8. The molecular weight excluding hydrogens is 168 g/mol. The first-order valence-corrected chi connectivity index (χ1v) is 4.62. The molecule has 1 rings (SSSR count). The van der Waals surface area contributed by atoms with Gasteiger partial charge >= 0.3 is 6.09 Å². The number of likely N-dealkylation sites (N-methyl/N-ethyl adjacent to an activating group) is 1. The molecule has 76 valence electrons. The van der Waals surface area contributed by atoms with E-state index in [1.54, 1.807) is 4.90 Å². The molecule has 0 aliphatic carbocycles. The Balaban J connectivity index is 2.23. The van der Waals surface area contributed by atoms with E-state index >= 15 is 0 Å². The second-order valence-corrected chi connectivity index (χ2v) is 3.95. The maximum absolute atomic E-state index is 11.3. The van der Waals surface area contributed by atoms with E-state index in [4.69, 9.17) is 4.74 Å². The maximum Gasteiger partial charge on any atom is 0.410 e. The maximum atomic E-state index is 11.3. The molecule has 1 aliphatic rings. The van der Waals surface area contributed by atoms with Crippen LogP contribution in [0.1, 0.15) is 13.8 Å². The smallest absolute Gasteiger partial charge is 0.410 e. The van der Waals surface area contributed by atoms with Gasteiger partial charge in [-0.05, 0) is 27.9 Å². The summed E-state index contributed by atoms with van der Waals surface area (Å²) >= 11 is 0. The largest absolute Gasteiger partial charge is 0.447 e. The van der Waals surface area contributed by atoms with Crippen LogP contribution in [0.15, 0.2) is 0 Å². The van der Waals surface area contributed by atoms with E-state index in [2.05, 4.69) is 4.90 Å². The van der Waals surface area contributed by atoms with E-state index in [9.17, 15) is 4.79 Å². The summed E-state index contributed by atoms with van der Waals surface area (Å²) in [7, 11) is 4.05. The van der Waals surface area contributed by atoms with Gasteiger partial charge in [-0.3, -0.25) is 0 Å². The summed E-state index contributed by atoms with van der Waals surface area (Å²) in [6, 6.07) is 0.500. The molecule has 0 spiro atoms. The number of nitrogens with zero attached hydrogens (tertiary/aromatic N) is 2. The summed E-state index contributed by atoms with van der Waals surface area (Å²) in [5, 5.41) is 0. The average Bonchev–Trinajstić information content (AvgIpc) is 1.79. The highest BCUT2D eigenvalue weighted by atomic mass is 16.6. The van der Waals surface area contributed by atoms with E-state index in [0.717, 1.165) is 13.1 Å². The lowest BCUT2D eigenvalue weighted by molar-refractivity contribution is 0.0249. The zero-order chi connectivity index (χ0) is 10.0. The Morgan fingerprint density at radius 3 is 2.38 bits per heavy atom. The molecule has 1 amide bonds. The van der Waals surface area contributed by atoms with Crippen molar-refractivity contribution in [3.05, 3.63) is 0 Å². The summed E-state index contributed by atoms with van der Waals surface area (Å²) in [5.74, 6) is 0. The molecule has 1 saturated heterocycles. The molecule has 1 fully saturated rings. The first-order valence-electron chi connectivity index (χ1n) is 4.62. The van der Waals surface area contributed by atoms with Crippen molar-refractivity contribution in [3.63, 3.8) is 0 Å². The van der Waals surface area contributed by atoms with Crippen molar-refractivity contribution in [2.24, 2.45) is 0 Å². The number of hydrogen-bond donors (Lipinski definition) is 0. The number of hydrogen-bond acceptors (Lipinski definition) is 3. The second-order valence-electron chi connectivity index (χ2n) is 3.95. The summed E-state index contributed by atoms with van der Waals surface area (Å²) < 4.78 is 5.05. The number of carbonyl (C=O) groups excluding carboxylic acids is 1. The predicted octanol–water partition coefficient (Wildman–Crippen LogP) is 0.777. The van der Waals surface area contributed by atoms with E-state index in [0.29, 0.717) is 6.04 Å². The Hall–Kier alpha value is -0.770. The zero-order valence-electron chi connectivity index (χ0n) is 8.78. The molecule has 0 N–H and O–H groups in total. The average molecular weight is 186 g/mol. The standard InChI is InChI=1S/C9H18N2O2/c1-7(2)13-9(12)11-5-8(6-11)10(3)4/h7-8H,5-6H2,1-4H3. The van der Waals surface area contributed by atoms with Gasteiger partial charge in [0.15, 0.2) is 0 Å². The van der Waals surface area contributed by atoms with E-state index < -0.39 is 0 Å². The number of amides is 1. The van der Waals surface area contributed by atoms with Crippen LogP contribution >= 0.6 is 0 Å². The summed E-state index contributed by atoms with van der Waals surface area (Å²) in [5.41, 5.74) is 0. The van der Waals surface area contributed by atoms with Gasteiger partial charge in [0.05, 0.1) is 6.10 Å². The van der Waals surface area contributed by atoms with Gasteiger partial charge in [-0.25, -0.2) is 4.79 Å². The van der Waals surface area contributed by atoms with Crippen LogP contribution in [0.2, 0.25) is 0 Å². The van der Waals surface area contributed by atoms with Gasteiger partial charge in [0.1, 0.15) is 0 Å². The van der Waals surface area contributed by atoms with Gasteiger partial charge in [0.25, 0.3) is 0 Å². The zero-order valence-corrected chi connectivity index (χ0v) is 8.78. The second kappa shape index (κ2) is 3.96. The van der Waals surface area contributed by atoms with Crippen LogP contribution in [0.5, 0.6) is 0 Å². The highest BCUT2D eigenvalue weighted by Gasteiger charge is 2.33. The van der Waals surface area contributed by atoms with E-state index in [1.807, 2.05) is 27.9 Å². The molecule has 0 aromatic rings. The van der Waals surface area contributed by atoms with Crippen LogP contribution in [0, 0.1) is 0 Å². The van der Waals surface area contributed by atoms with Gasteiger partial charge in [0, 0.05) is 19.1 Å². The first kappa shape index (κ1) is 10.3. The van der Waals surface area contributed by atoms with Crippen LogP contribution in [0.3, 0.4) is 0 Å². The molecule has 0 saturated carbocycles. The molecule has 4 nitrogen and oxygen atoms in total. The van der Waals surface area contributed by atoms with Crippen molar-refractivity contribution < 1.29 is 9.53 Å². The third kappa shape index (κ3) is 2.59. The van der Waals surface area contributed by atoms with Gasteiger partial charge in [-0.1, -0.05) is 0 Å². The van der Waals surface area contributed by atoms with Crippen LogP contribution in [0.25, 0.3) is 0 Å². The minimum atomic E-state index is -0.187. The third-order valence-electron chi connectivity index (χ3n) is 2.19. The number of likely N-dealkylation sites (tertiary alicyclic amines) is 1. The Morgan fingerprint density at radius 2 is 2.00 bits per heavy atom. The minimum absolute atomic E-state index is 0.0223. The molecule has 13 heavy (non-hydrogen) atoms. The fourth-order valence-corrected chi connectivity index (χ4v) is 1.21. The molecule has 0 unspecified atom stereocenters. The Labute approximate surface area is 79.4 Å². The molecule has 1 aliphatic heterocycles. The van der Waals surface area contributed by atoms with Crippen molar-refractivity contribution in [1.82, 2.24) is 9.80 Å². The number of carbonyl (C=O) groups is 1. The summed E-state index contributed by atoms with van der Waals surface area (Å²) in [6.45, 7) is 5.30. The SMILES string of the molecule is CC(C)OC(=O)N1CC(N(C)C)C1. The van der Waals surface area contributed by atoms with Gasteiger partial charge in [-0.15, -0.1) is 0 Å². The van der Waals surface area contributed by atoms with Crippen molar-refractivity contribution in [1.29, 1.82) is 0 Å². The van der Waals surface area contributed by atoms with Crippen molar-refractivity contribution in [3.8, 4) is 0 Å². The molecule has 0 bridgehead atoms. The third-order valence-corrected chi connectivity index (χ3v) is 2.19. The van der Waals surface area contributed by atoms with Crippen LogP contribution in [-0.4, -0.2) is 55.2 Å². The lowest BCUT2D eigenvalue weighted by Gasteiger charge is -2.42. The Morgan fingerprint density at radius 1 is 1.46 bits per heavy atom. The molecule has 4 heteroatoms. The molecule has 0 radical (unpaired) electrons. The predicted molar refractivity (Wildman–Crippen MR) is 50.7 cm³/mol. The van der Waals surface area contributed by atoms with E-state index in [1.165, 1.54) is 0 Å². The van der Waals surface area contributed by atoms with E-state index in [-0.39, 0.29) is 12.2 Å². The molecule has 0 atom stereocenters. The fraction of sp³-hybridized carbons (Fsp3) is 0.889. The van der Waals surface area contributed by atoms with Crippen molar-refractivity contribution >= 4 is 6.09 Å². The molecule has 0 aromatic carbocycles. The number of rotatable bonds is 2. The van der Waals surface area contributed by atoms with Crippen LogP contribution in [0.4, 0.5) is 4.79 Å². The van der Waals surface area contributed by atoms with Crippen molar-refractivity contribution in [2.45, 2.75) is 26.0 Å². The molecular formula is C9H18N2O2. The van der Waals surface area contributed by atoms with Crippen LogP contribution in [-0.2, 0) is 4.74 Å². The highest BCUT2D eigenvalue weighted by Crippen LogP contribution is 2.13. The van der Waals surface area contributed by atoms with Crippen LogP contribution < -0.4 is 0 Å². The van der Waals surface area contributed by atoms with Gasteiger partial charge in [-0.2, -0.15) is 0 Å². The molecule has 1 heterocycles. The lowest BCUT2D eigenvalue weighted by atomic mass is 10.1. The first-order chi connectivity index (χ1) is 6.00. The Kier molecular flexibility index (Phi) is 3.14. The monoisotopic (exact) mass is 186 g/mol. The Bertz CT molecular complexity index is 186. The topological polar surface area (TPSA) is 32.8 Å². The molecule has 0 aromatic heterocycles. The quantitative estimate of drug-likeness (QED) is 0.639. The summed E-state index contributed by atoms with van der Waals surface area (Å²) in [4.78, 5) is 15.1.